The predicted octanol–water partition coefficient (Wildman–Crippen LogP) is 2.39. The Morgan fingerprint density at radius 1 is 1.22 bits per heavy atom. The standard InChI is InChI=1S/C14H24N2O2/c1-14(2,3)15-11-12-7-5-8-13(16-12)18-10-6-9-17-4/h5,7-8,15H,6,9-11H2,1-4H3. The molecule has 0 amide bonds. The van der Waals surface area contributed by atoms with Gasteiger partial charge < -0.3 is 14.8 Å². The Hall–Kier alpha value is -1.13. The highest BCUT2D eigenvalue weighted by Gasteiger charge is 2.09. The first-order chi connectivity index (χ1) is 8.51. The maximum absolute atomic E-state index is 5.56. The van der Waals surface area contributed by atoms with Crippen molar-refractivity contribution in [3.05, 3.63) is 23.9 Å². The molecule has 1 aromatic rings. The topological polar surface area (TPSA) is 43.4 Å². The van der Waals surface area contributed by atoms with Crippen LogP contribution in [0.5, 0.6) is 5.88 Å². The van der Waals surface area contributed by atoms with E-state index in [0.29, 0.717) is 19.1 Å². The number of pyridine rings is 1. The Labute approximate surface area is 110 Å². The van der Waals surface area contributed by atoms with E-state index in [-0.39, 0.29) is 5.54 Å². The van der Waals surface area contributed by atoms with Crippen LogP contribution in [0, 0.1) is 0 Å². The van der Waals surface area contributed by atoms with Gasteiger partial charge in [-0.3, -0.25) is 0 Å². The fraction of sp³-hybridized carbons (Fsp3) is 0.643. The average Bonchev–Trinajstić information content (AvgIpc) is 2.32. The number of hydrogen-bond acceptors (Lipinski definition) is 4. The Bertz CT molecular complexity index is 348. The molecular weight excluding hydrogens is 228 g/mol. The first-order valence-corrected chi connectivity index (χ1v) is 6.34. The third kappa shape index (κ3) is 6.57. The summed E-state index contributed by atoms with van der Waals surface area (Å²) in [7, 11) is 1.69. The Balaban J connectivity index is 2.41. The molecule has 0 aliphatic rings. The third-order valence-electron chi connectivity index (χ3n) is 2.32. The van der Waals surface area contributed by atoms with Crippen molar-refractivity contribution in [3.63, 3.8) is 0 Å². The molecule has 0 spiro atoms. The molecule has 0 radical (unpaired) electrons. The average molecular weight is 252 g/mol. The van der Waals surface area contributed by atoms with Crippen LogP contribution >= 0.6 is 0 Å². The van der Waals surface area contributed by atoms with E-state index in [4.69, 9.17) is 9.47 Å². The predicted molar refractivity (Wildman–Crippen MR) is 72.8 cm³/mol. The lowest BCUT2D eigenvalue weighted by atomic mass is 10.1. The minimum absolute atomic E-state index is 0.0943. The molecule has 0 atom stereocenters. The molecule has 18 heavy (non-hydrogen) atoms. The van der Waals surface area contributed by atoms with Crippen LogP contribution in [0.1, 0.15) is 32.9 Å². The summed E-state index contributed by atoms with van der Waals surface area (Å²) >= 11 is 0. The second-order valence-electron chi connectivity index (χ2n) is 5.27. The molecule has 4 nitrogen and oxygen atoms in total. The van der Waals surface area contributed by atoms with E-state index < -0.39 is 0 Å². The summed E-state index contributed by atoms with van der Waals surface area (Å²) in [4.78, 5) is 4.45. The van der Waals surface area contributed by atoms with E-state index in [9.17, 15) is 0 Å². The van der Waals surface area contributed by atoms with Gasteiger partial charge in [-0.25, -0.2) is 4.98 Å². The SMILES string of the molecule is COCCCOc1cccc(CNC(C)(C)C)n1. The van der Waals surface area contributed by atoms with Crippen LogP contribution in [0.2, 0.25) is 0 Å². The molecule has 0 saturated carbocycles. The highest BCUT2D eigenvalue weighted by molar-refractivity contribution is 5.15. The molecule has 1 rings (SSSR count). The molecule has 4 heteroatoms. The first-order valence-electron chi connectivity index (χ1n) is 6.34. The van der Waals surface area contributed by atoms with Crippen molar-refractivity contribution in [1.29, 1.82) is 0 Å². The van der Waals surface area contributed by atoms with Gasteiger partial charge in [0.15, 0.2) is 0 Å². The van der Waals surface area contributed by atoms with Gasteiger partial charge in [0.2, 0.25) is 5.88 Å². The lowest BCUT2D eigenvalue weighted by molar-refractivity contribution is 0.170. The molecule has 0 saturated heterocycles. The van der Waals surface area contributed by atoms with Crippen LogP contribution in [-0.4, -0.2) is 30.8 Å². The summed E-state index contributed by atoms with van der Waals surface area (Å²) in [6.07, 6.45) is 0.878. The minimum atomic E-state index is 0.0943. The zero-order chi connectivity index (χ0) is 13.4. The summed E-state index contributed by atoms with van der Waals surface area (Å²) in [6, 6.07) is 5.85. The maximum atomic E-state index is 5.56. The van der Waals surface area contributed by atoms with Gasteiger partial charge in [-0.15, -0.1) is 0 Å². The van der Waals surface area contributed by atoms with Gasteiger partial charge in [0, 0.05) is 38.3 Å². The van der Waals surface area contributed by atoms with Gasteiger partial charge in [-0.2, -0.15) is 0 Å². The van der Waals surface area contributed by atoms with Gasteiger partial charge in [0.25, 0.3) is 0 Å². The number of nitrogens with zero attached hydrogens (tertiary/aromatic N) is 1. The molecule has 0 aliphatic carbocycles. The maximum Gasteiger partial charge on any atom is 0.213 e. The van der Waals surface area contributed by atoms with Crippen molar-refractivity contribution in [3.8, 4) is 5.88 Å². The summed E-state index contributed by atoms with van der Waals surface area (Å²) in [5.41, 5.74) is 1.09. The van der Waals surface area contributed by atoms with E-state index in [2.05, 4.69) is 31.1 Å². The van der Waals surface area contributed by atoms with E-state index in [1.165, 1.54) is 0 Å². The second-order valence-corrected chi connectivity index (χ2v) is 5.27. The quantitative estimate of drug-likeness (QED) is 0.757. The highest BCUT2D eigenvalue weighted by Crippen LogP contribution is 2.09. The van der Waals surface area contributed by atoms with E-state index in [1.54, 1.807) is 7.11 Å². The molecule has 1 N–H and O–H groups in total. The van der Waals surface area contributed by atoms with Gasteiger partial charge in [-0.05, 0) is 26.8 Å². The van der Waals surface area contributed by atoms with Crippen molar-refractivity contribution in [2.45, 2.75) is 39.3 Å². The lowest BCUT2D eigenvalue weighted by Gasteiger charge is -2.20. The van der Waals surface area contributed by atoms with Crippen LogP contribution < -0.4 is 10.1 Å². The highest BCUT2D eigenvalue weighted by atomic mass is 16.5. The van der Waals surface area contributed by atoms with Crippen molar-refractivity contribution >= 4 is 0 Å². The first kappa shape index (κ1) is 14.9. The molecule has 0 bridgehead atoms. The van der Waals surface area contributed by atoms with Crippen LogP contribution in [0.4, 0.5) is 0 Å². The van der Waals surface area contributed by atoms with Crippen LogP contribution in [0.3, 0.4) is 0 Å². The summed E-state index contributed by atoms with van der Waals surface area (Å²) in [5, 5.41) is 3.40. The zero-order valence-corrected chi connectivity index (χ0v) is 11.8. The molecule has 0 unspecified atom stereocenters. The zero-order valence-electron chi connectivity index (χ0n) is 11.8. The largest absolute Gasteiger partial charge is 0.478 e. The number of nitrogens with one attached hydrogen (secondary N) is 1. The molecule has 1 heterocycles. The minimum Gasteiger partial charge on any atom is -0.478 e. The van der Waals surface area contributed by atoms with Crippen molar-refractivity contribution < 1.29 is 9.47 Å². The van der Waals surface area contributed by atoms with Crippen molar-refractivity contribution in [2.24, 2.45) is 0 Å². The fourth-order valence-corrected chi connectivity index (χ4v) is 1.37. The lowest BCUT2D eigenvalue weighted by Crippen LogP contribution is -2.35. The second kappa shape index (κ2) is 7.34. The number of aromatic nitrogens is 1. The number of rotatable bonds is 7. The molecule has 0 aliphatic heterocycles. The fourth-order valence-electron chi connectivity index (χ4n) is 1.37. The number of methoxy groups -OCH3 is 1. The van der Waals surface area contributed by atoms with Gasteiger partial charge in [-0.1, -0.05) is 6.07 Å². The van der Waals surface area contributed by atoms with E-state index >= 15 is 0 Å². The molecule has 0 fully saturated rings. The Morgan fingerprint density at radius 3 is 2.67 bits per heavy atom. The monoisotopic (exact) mass is 252 g/mol. The molecule has 0 aromatic carbocycles. The van der Waals surface area contributed by atoms with E-state index in [1.807, 2.05) is 18.2 Å². The Morgan fingerprint density at radius 2 is 2.00 bits per heavy atom. The van der Waals surface area contributed by atoms with Crippen molar-refractivity contribution in [2.75, 3.05) is 20.3 Å². The van der Waals surface area contributed by atoms with Crippen LogP contribution in [-0.2, 0) is 11.3 Å². The number of ether oxygens (including phenoxy) is 2. The smallest absolute Gasteiger partial charge is 0.213 e. The normalized spacial score (nSPS) is 11.6. The summed E-state index contributed by atoms with van der Waals surface area (Å²) in [5.74, 6) is 0.680. The van der Waals surface area contributed by atoms with E-state index in [0.717, 1.165) is 18.7 Å². The molecule has 102 valence electrons. The summed E-state index contributed by atoms with van der Waals surface area (Å²) in [6.45, 7) is 8.51. The van der Waals surface area contributed by atoms with Gasteiger partial charge in [0.05, 0.1) is 12.3 Å². The Kier molecular flexibility index (Phi) is 6.09. The summed E-state index contributed by atoms with van der Waals surface area (Å²) < 4.78 is 10.5. The van der Waals surface area contributed by atoms with Crippen LogP contribution in [0.25, 0.3) is 0 Å². The van der Waals surface area contributed by atoms with Crippen molar-refractivity contribution in [1.82, 2.24) is 10.3 Å². The van der Waals surface area contributed by atoms with Crippen LogP contribution in [0.15, 0.2) is 18.2 Å². The third-order valence-corrected chi connectivity index (χ3v) is 2.32. The number of hydrogen-bond donors (Lipinski definition) is 1. The van der Waals surface area contributed by atoms with Gasteiger partial charge >= 0.3 is 0 Å². The van der Waals surface area contributed by atoms with Gasteiger partial charge in [0.1, 0.15) is 0 Å². The molecular formula is C14H24N2O2. The molecule has 1 aromatic heterocycles.